The molecule has 2 aromatic carbocycles. The average molecular weight is 422 g/mol. The van der Waals surface area contributed by atoms with E-state index < -0.39 is 6.04 Å². The number of hydrogen-bond acceptors (Lipinski definition) is 4. The van der Waals surface area contributed by atoms with Crippen molar-refractivity contribution in [2.45, 2.75) is 19.9 Å². The number of carbonyl (C=O) groups is 3. The number of amides is 2. The molecule has 2 aromatic rings. The standard InChI is InChI=1S/C20H21Cl2N3O3/c1-12(20(28)24-15-6-4-5-14(9-15)13(2)26)25(3)11-19(27)23-16-7-8-17(21)18(22)10-16/h4-10,12H,11H2,1-3H3,(H,23,27)(H,24,28)/t12-/m0/s1. The predicted molar refractivity (Wildman–Crippen MR) is 112 cm³/mol. The van der Waals surface area contributed by atoms with Gasteiger partial charge in [0.1, 0.15) is 0 Å². The molecule has 0 bridgehead atoms. The summed E-state index contributed by atoms with van der Waals surface area (Å²) in [7, 11) is 1.67. The fraction of sp³-hybridized carbons (Fsp3) is 0.250. The highest BCUT2D eigenvalue weighted by Crippen LogP contribution is 2.25. The van der Waals surface area contributed by atoms with Gasteiger partial charge in [-0.05, 0) is 51.2 Å². The van der Waals surface area contributed by atoms with Crippen molar-refractivity contribution in [1.29, 1.82) is 0 Å². The molecule has 0 spiro atoms. The lowest BCUT2D eigenvalue weighted by Gasteiger charge is -2.23. The Kier molecular flexibility index (Phi) is 7.57. The zero-order valence-corrected chi connectivity index (χ0v) is 17.3. The Bertz CT molecular complexity index is 902. The maximum atomic E-state index is 12.5. The van der Waals surface area contributed by atoms with Crippen LogP contribution < -0.4 is 10.6 Å². The molecule has 28 heavy (non-hydrogen) atoms. The second-order valence-electron chi connectivity index (χ2n) is 6.39. The van der Waals surface area contributed by atoms with Crippen molar-refractivity contribution >= 4 is 52.2 Å². The number of ketones is 1. The van der Waals surface area contributed by atoms with Gasteiger partial charge < -0.3 is 10.6 Å². The minimum absolute atomic E-state index is 0.00230. The molecular weight excluding hydrogens is 401 g/mol. The first-order valence-electron chi connectivity index (χ1n) is 8.54. The first-order valence-corrected chi connectivity index (χ1v) is 9.30. The largest absolute Gasteiger partial charge is 0.325 e. The van der Waals surface area contributed by atoms with Crippen LogP contribution in [0.25, 0.3) is 0 Å². The minimum Gasteiger partial charge on any atom is -0.325 e. The summed E-state index contributed by atoms with van der Waals surface area (Å²) in [6.45, 7) is 3.16. The van der Waals surface area contributed by atoms with Crippen molar-refractivity contribution in [3.05, 3.63) is 58.1 Å². The summed E-state index contributed by atoms with van der Waals surface area (Å²) in [6.07, 6.45) is 0. The Balaban J connectivity index is 1.93. The summed E-state index contributed by atoms with van der Waals surface area (Å²) in [6, 6.07) is 10.9. The zero-order valence-electron chi connectivity index (χ0n) is 15.8. The number of carbonyl (C=O) groups excluding carboxylic acids is 3. The van der Waals surface area contributed by atoms with Crippen LogP contribution in [0.3, 0.4) is 0 Å². The summed E-state index contributed by atoms with van der Waals surface area (Å²) >= 11 is 11.8. The third kappa shape index (κ3) is 6.05. The van der Waals surface area contributed by atoms with Crippen molar-refractivity contribution < 1.29 is 14.4 Å². The van der Waals surface area contributed by atoms with Crippen molar-refractivity contribution in [3.63, 3.8) is 0 Å². The highest BCUT2D eigenvalue weighted by atomic mass is 35.5. The SMILES string of the molecule is CC(=O)c1cccc(NC(=O)[C@H](C)N(C)CC(=O)Nc2ccc(Cl)c(Cl)c2)c1. The van der Waals surface area contributed by atoms with Crippen LogP contribution in [0, 0.1) is 0 Å². The highest BCUT2D eigenvalue weighted by Gasteiger charge is 2.20. The fourth-order valence-corrected chi connectivity index (χ4v) is 2.70. The summed E-state index contributed by atoms with van der Waals surface area (Å²) in [5, 5.41) is 6.21. The van der Waals surface area contributed by atoms with Gasteiger partial charge >= 0.3 is 0 Å². The molecule has 148 valence electrons. The number of halogens is 2. The Morgan fingerprint density at radius 2 is 1.68 bits per heavy atom. The normalized spacial score (nSPS) is 11.8. The van der Waals surface area contributed by atoms with Crippen LogP contribution in [-0.2, 0) is 9.59 Å². The Morgan fingerprint density at radius 3 is 2.32 bits per heavy atom. The summed E-state index contributed by atoms with van der Waals surface area (Å²) in [5.74, 6) is -0.662. The smallest absolute Gasteiger partial charge is 0.241 e. The van der Waals surface area contributed by atoms with Crippen LogP contribution in [0.15, 0.2) is 42.5 Å². The van der Waals surface area contributed by atoms with E-state index in [-0.39, 0.29) is 24.1 Å². The van der Waals surface area contributed by atoms with E-state index in [9.17, 15) is 14.4 Å². The molecule has 0 radical (unpaired) electrons. The third-order valence-corrected chi connectivity index (χ3v) is 4.91. The summed E-state index contributed by atoms with van der Waals surface area (Å²) in [5.41, 5.74) is 1.56. The highest BCUT2D eigenvalue weighted by molar-refractivity contribution is 6.42. The van der Waals surface area contributed by atoms with Crippen LogP contribution in [0.2, 0.25) is 10.0 Å². The topological polar surface area (TPSA) is 78.5 Å². The number of hydrogen-bond donors (Lipinski definition) is 2. The zero-order chi connectivity index (χ0) is 20.8. The van der Waals surface area contributed by atoms with E-state index in [0.717, 1.165) is 0 Å². The second kappa shape index (κ2) is 9.68. The molecule has 0 aliphatic carbocycles. The monoisotopic (exact) mass is 421 g/mol. The molecule has 2 amide bonds. The molecule has 0 unspecified atom stereocenters. The van der Waals surface area contributed by atoms with Gasteiger partial charge in [0.25, 0.3) is 0 Å². The van der Waals surface area contributed by atoms with E-state index in [2.05, 4.69) is 10.6 Å². The fourth-order valence-electron chi connectivity index (χ4n) is 2.40. The van der Waals surface area contributed by atoms with E-state index in [4.69, 9.17) is 23.2 Å². The van der Waals surface area contributed by atoms with Gasteiger partial charge in [-0.1, -0.05) is 35.3 Å². The molecule has 0 aliphatic rings. The predicted octanol–water partition coefficient (Wildman–Crippen LogP) is 4.09. The molecule has 1 atom stereocenters. The molecule has 8 heteroatoms. The van der Waals surface area contributed by atoms with Crippen molar-refractivity contribution in [1.82, 2.24) is 4.90 Å². The van der Waals surface area contributed by atoms with Gasteiger partial charge in [0.05, 0.1) is 22.6 Å². The van der Waals surface area contributed by atoms with Crippen molar-refractivity contribution in [2.75, 3.05) is 24.2 Å². The van der Waals surface area contributed by atoms with Crippen molar-refractivity contribution in [2.24, 2.45) is 0 Å². The third-order valence-electron chi connectivity index (χ3n) is 4.17. The Labute approximate surface area is 173 Å². The van der Waals surface area contributed by atoms with E-state index in [1.54, 1.807) is 61.3 Å². The second-order valence-corrected chi connectivity index (χ2v) is 7.21. The Hall–Kier alpha value is -2.41. The van der Waals surface area contributed by atoms with E-state index in [0.29, 0.717) is 27.0 Å². The quantitative estimate of drug-likeness (QED) is 0.659. The maximum absolute atomic E-state index is 12.5. The van der Waals surface area contributed by atoms with Crippen LogP contribution in [0.5, 0.6) is 0 Å². The number of benzene rings is 2. The molecule has 0 heterocycles. The van der Waals surface area contributed by atoms with Gasteiger partial charge in [0, 0.05) is 16.9 Å². The van der Waals surface area contributed by atoms with Crippen LogP contribution in [-0.4, -0.2) is 42.1 Å². The first-order chi connectivity index (χ1) is 13.2. The number of Topliss-reactive ketones (excluding diaryl/α,β-unsaturated/α-hetero) is 1. The first kappa shape index (κ1) is 21.9. The van der Waals surface area contributed by atoms with Gasteiger partial charge in [-0.2, -0.15) is 0 Å². The van der Waals surface area contributed by atoms with Gasteiger partial charge in [-0.3, -0.25) is 19.3 Å². The average Bonchev–Trinajstić information content (AvgIpc) is 2.64. The Morgan fingerprint density at radius 1 is 1.00 bits per heavy atom. The van der Waals surface area contributed by atoms with E-state index in [1.165, 1.54) is 6.92 Å². The van der Waals surface area contributed by atoms with Crippen LogP contribution in [0.4, 0.5) is 11.4 Å². The molecule has 0 saturated heterocycles. The molecule has 2 N–H and O–H groups in total. The minimum atomic E-state index is -0.569. The summed E-state index contributed by atoms with van der Waals surface area (Å²) in [4.78, 5) is 37.7. The lowest BCUT2D eigenvalue weighted by atomic mass is 10.1. The van der Waals surface area contributed by atoms with Crippen LogP contribution in [0.1, 0.15) is 24.2 Å². The van der Waals surface area contributed by atoms with Gasteiger partial charge in [0.15, 0.2) is 5.78 Å². The molecule has 2 rings (SSSR count). The maximum Gasteiger partial charge on any atom is 0.241 e. The molecule has 0 aromatic heterocycles. The summed E-state index contributed by atoms with van der Waals surface area (Å²) < 4.78 is 0. The number of nitrogens with one attached hydrogen (secondary N) is 2. The van der Waals surface area contributed by atoms with E-state index in [1.807, 2.05) is 0 Å². The van der Waals surface area contributed by atoms with Gasteiger partial charge in [0.2, 0.25) is 11.8 Å². The number of anilines is 2. The molecule has 0 saturated carbocycles. The lowest BCUT2D eigenvalue weighted by molar-refractivity contribution is -0.122. The molecule has 6 nitrogen and oxygen atoms in total. The van der Waals surface area contributed by atoms with E-state index >= 15 is 0 Å². The number of rotatable bonds is 7. The van der Waals surface area contributed by atoms with Gasteiger partial charge in [-0.15, -0.1) is 0 Å². The van der Waals surface area contributed by atoms with Crippen molar-refractivity contribution in [3.8, 4) is 0 Å². The van der Waals surface area contributed by atoms with Crippen LogP contribution >= 0.6 is 23.2 Å². The molecule has 0 fully saturated rings. The number of nitrogens with zero attached hydrogens (tertiary/aromatic N) is 1. The molecule has 0 aliphatic heterocycles. The number of likely N-dealkylation sites (N-methyl/N-ethyl adjacent to an activating group) is 1. The lowest BCUT2D eigenvalue weighted by Crippen LogP contribution is -2.43. The molecular formula is C20H21Cl2N3O3. The van der Waals surface area contributed by atoms with Gasteiger partial charge in [-0.25, -0.2) is 0 Å².